The maximum Gasteiger partial charge on any atom is 0.310 e. The molecule has 1 aromatic rings. The van der Waals surface area contributed by atoms with Gasteiger partial charge in [0.2, 0.25) is 0 Å². The number of cyclic esters (lactones) is 1. The molecule has 1 aliphatic rings. The zero-order valence-electron chi connectivity index (χ0n) is 12.8. The van der Waals surface area contributed by atoms with E-state index in [4.69, 9.17) is 22.7 Å². The molecule has 0 unspecified atom stereocenters. The first-order valence-electron chi connectivity index (χ1n) is 7.40. The van der Waals surface area contributed by atoms with E-state index in [1.165, 1.54) is 11.3 Å². The van der Waals surface area contributed by atoms with Gasteiger partial charge in [0.1, 0.15) is 0 Å². The average Bonchev–Trinajstić information content (AvgIpc) is 3.02. The number of ether oxygens (including phenoxy) is 1. The molecule has 1 aromatic heterocycles. The Morgan fingerprint density at radius 3 is 3.09 bits per heavy atom. The minimum atomic E-state index is -0.607. The zero-order valence-corrected chi connectivity index (χ0v) is 14.5. The van der Waals surface area contributed by atoms with Crippen molar-refractivity contribution in [2.24, 2.45) is 11.7 Å². The first-order chi connectivity index (χ1) is 10.4. The van der Waals surface area contributed by atoms with Crippen LogP contribution in [0, 0.1) is 5.92 Å². The van der Waals surface area contributed by atoms with Crippen LogP contribution in [-0.4, -0.2) is 29.2 Å². The van der Waals surface area contributed by atoms with Gasteiger partial charge >= 0.3 is 5.97 Å². The van der Waals surface area contributed by atoms with Gasteiger partial charge in [-0.3, -0.25) is 4.79 Å². The second-order valence-corrected chi connectivity index (χ2v) is 6.90. The predicted molar refractivity (Wildman–Crippen MR) is 91.9 cm³/mol. The van der Waals surface area contributed by atoms with Crippen LogP contribution in [0.4, 0.5) is 5.13 Å². The van der Waals surface area contributed by atoms with Crippen LogP contribution in [0.5, 0.6) is 0 Å². The SMILES string of the molecule is CCC[C@@H]1C[C@](C)(c2csc(NCCNC(N)=S)n2)OC1=O. The molecule has 2 atom stereocenters. The van der Waals surface area contributed by atoms with Gasteiger partial charge < -0.3 is 21.1 Å². The summed E-state index contributed by atoms with van der Waals surface area (Å²) in [7, 11) is 0. The summed E-state index contributed by atoms with van der Waals surface area (Å²) in [5.41, 5.74) is 5.57. The van der Waals surface area contributed by atoms with Crippen LogP contribution >= 0.6 is 23.6 Å². The minimum absolute atomic E-state index is 0.0112. The van der Waals surface area contributed by atoms with Crippen molar-refractivity contribution in [3.8, 4) is 0 Å². The Bertz CT molecular complexity index is 549. The number of esters is 1. The lowest BCUT2D eigenvalue weighted by molar-refractivity contribution is -0.150. The van der Waals surface area contributed by atoms with Crippen molar-refractivity contribution in [1.82, 2.24) is 10.3 Å². The summed E-state index contributed by atoms with van der Waals surface area (Å²) >= 11 is 6.24. The summed E-state index contributed by atoms with van der Waals surface area (Å²) in [5, 5.41) is 9.10. The van der Waals surface area contributed by atoms with E-state index in [9.17, 15) is 4.79 Å². The lowest BCUT2D eigenvalue weighted by atomic mass is 9.91. The van der Waals surface area contributed by atoms with Gasteiger partial charge in [0.05, 0.1) is 11.6 Å². The highest BCUT2D eigenvalue weighted by molar-refractivity contribution is 7.80. The molecule has 1 saturated heterocycles. The molecular formula is C14H22N4O2S2. The Morgan fingerprint density at radius 1 is 1.64 bits per heavy atom. The summed E-state index contributed by atoms with van der Waals surface area (Å²) in [6.45, 7) is 5.32. The first kappa shape index (κ1) is 17.0. The van der Waals surface area contributed by atoms with Crippen LogP contribution in [0.25, 0.3) is 0 Å². The third kappa shape index (κ3) is 4.07. The number of hydrogen-bond acceptors (Lipinski definition) is 6. The number of nitrogens with two attached hydrogens (primary N) is 1. The number of nitrogens with one attached hydrogen (secondary N) is 2. The molecule has 2 heterocycles. The first-order valence-corrected chi connectivity index (χ1v) is 8.69. The van der Waals surface area contributed by atoms with E-state index in [2.05, 4.69) is 22.5 Å². The molecule has 6 nitrogen and oxygen atoms in total. The van der Waals surface area contributed by atoms with Gasteiger partial charge in [0.15, 0.2) is 15.8 Å². The highest BCUT2D eigenvalue weighted by Crippen LogP contribution is 2.41. The summed E-state index contributed by atoms with van der Waals surface area (Å²) in [5.74, 6) is -0.115. The maximum atomic E-state index is 11.9. The number of carbonyl (C=O) groups is 1. The van der Waals surface area contributed by atoms with Crippen molar-refractivity contribution in [1.29, 1.82) is 0 Å². The number of thiazole rings is 1. The number of nitrogens with zero attached hydrogens (tertiary/aromatic N) is 1. The Labute approximate surface area is 139 Å². The predicted octanol–water partition coefficient (Wildman–Crippen LogP) is 1.97. The molecule has 0 aromatic carbocycles. The van der Waals surface area contributed by atoms with Gasteiger partial charge in [-0.15, -0.1) is 11.3 Å². The highest BCUT2D eigenvalue weighted by atomic mass is 32.1. The molecule has 1 aliphatic heterocycles. The number of anilines is 1. The molecule has 4 N–H and O–H groups in total. The molecule has 0 radical (unpaired) electrons. The van der Waals surface area contributed by atoms with Crippen LogP contribution in [-0.2, 0) is 15.1 Å². The normalized spacial score (nSPS) is 24.1. The fourth-order valence-corrected chi connectivity index (χ4v) is 3.54. The van der Waals surface area contributed by atoms with Crippen LogP contribution in [0.1, 0.15) is 38.8 Å². The quantitative estimate of drug-likeness (QED) is 0.396. The topological polar surface area (TPSA) is 89.3 Å². The van der Waals surface area contributed by atoms with E-state index in [1.807, 2.05) is 12.3 Å². The summed E-state index contributed by atoms with van der Waals surface area (Å²) in [6.07, 6.45) is 2.55. The van der Waals surface area contributed by atoms with Crippen molar-refractivity contribution in [2.75, 3.05) is 18.4 Å². The number of rotatable bonds is 7. The Kier molecular flexibility index (Phi) is 5.57. The van der Waals surface area contributed by atoms with E-state index in [1.54, 1.807) is 0 Å². The molecule has 0 bridgehead atoms. The summed E-state index contributed by atoms with van der Waals surface area (Å²) in [4.78, 5) is 16.5. The van der Waals surface area contributed by atoms with Gasteiger partial charge in [0, 0.05) is 24.9 Å². The smallest absolute Gasteiger partial charge is 0.310 e. The molecule has 2 rings (SSSR count). The largest absolute Gasteiger partial charge is 0.453 e. The molecule has 8 heteroatoms. The fraction of sp³-hybridized carbons (Fsp3) is 0.643. The number of aromatic nitrogens is 1. The Balaban J connectivity index is 1.93. The monoisotopic (exact) mass is 342 g/mol. The van der Waals surface area contributed by atoms with Crippen molar-refractivity contribution < 1.29 is 9.53 Å². The number of hydrogen-bond donors (Lipinski definition) is 3. The van der Waals surface area contributed by atoms with Gasteiger partial charge in [0.25, 0.3) is 0 Å². The standard InChI is InChI=1S/C14H22N4O2S2/c1-3-4-9-7-14(2,20-11(9)19)10-8-22-13(18-10)17-6-5-16-12(15)21/h8-9H,3-7H2,1-2H3,(H,17,18)(H3,15,16,21)/t9-,14-/m1/s1. The second kappa shape index (κ2) is 7.23. The third-order valence-electron chi connectivity index (χ3n) is 3.68. The van der Waals surface area contributed by atoms with Crippen LogP contribution in [0.15, 0.2) is 5.38 Å². The van der Waals surface area contributed by atoms with E-state index in [-0.39, 0.29) is 17.0 Å². The summed E-state index contributed by atoms with van der Waals surface area (Å²) < 4.78 is 5.60. The Morgan fingerprint density at radius 2 is 2.41 bits per heavy atom. The molecule has 0 spiro atoms. The van der Waals surface area contributed by atoms with Gasteiger partial charge in [-0.05, 0) is 25.6 Å². The van der Waals surface area contributed by atoms with Crippen LogP contribution in [0.3, 0.4) is 0 Å². The van der Waals surface area contributed by atoms with Crippen molar-refractivity contribution in [2.45, 2.75) is 38.7 Å². The van der Waals surface area contributed by atoms with Gasteiger partial charge in [-0.25, -0.2) is 4.98 Å². The lowest BCUT2D eigenvalue weighted by Crippen LogP contribution is -2.32. The van der Waals surface area contributed by atoms with Crippen molar-refractivity contribution in [3.63, 3.8) is 0 Å². The highest BCUT2D eigenvalue weighted by Gasteiger charge is 2.45. The van der Waals surface area contributed by atoms with Crippen LogP contribution in [0.2, 0.25) is 0 Å². The average molecular weight is 342 g/mol. The van der Waals surface area contributed by atoms with E-state index < -0.39 is 5.60 Å². The molecule has 0 aliphatic carbocycles. The molecule has 0 amide bonds. The van der Waals surface area contributed by atoms with Crippen LogP contribution < -0.4 is 16.4 Å². The summed E-state index contributed by atoms with van der Waals surface area (Å²) in [6, 6.07) is 0. The van der Waals surface area contributed by atoms with Gasteiger partial charge in [-0.2, -0.15) is 0 Å². The minimum Gasteiger partial charge on any atom is -0.453 e. The van der Waals surface area contributed by atoms with Crippen molar-refractivity contribution in [3.05, 3.63) is 11.1 Å². The maximum absolute atomic E-state index is 11.9. The lowest BCUT2D eigenvalue weighted by Gasteiger charge is -2.19. The van der Waals surface area contributed by atoms with Crippen molar-refractivity contribution >= 4 is 39.8 Å². The molecule has 0 saturated carbocycles. The fourth-order valence-electron chi connectivity index (χ4n) is 2.58. The van der Waals surface area contributed by atoms with Gasteiger partial charge in [-0.1, -0.05) is 13.3 Å². The third-order valence-corrected chi connectivity index (χ3v) is 4.62. The van der Waals surface area contributed by atoms with E-state index in [0.717, 1.165) is 23.7 Å². The van der Waals surface area contributed by atoms with E-state index in [0.29, 0.717) is 19.5 Å². The Hall–Kier alpha value is -1.41. The zero-order chi connectivity index (χ0) is 16.2. The van der Waals surface area contributed by atoms with E-state index >= 15 is 0 Å². The molecule has 1 fully saturated rings. The molecular weight excluding hydrogens is 320 g/mol. The number of thiocarbonyl (C=S) groups is 1. The second-order valence-electron chi connectivity index (χ2n) is 5.60. The molecule has 22 heavy (non-hydrogen) atoms. The molecule has 122 valence electrons. The number of carbonyl (C=O) groups excluding carboxylic acids is 1.